The molecule has 0 bridgehead atoms. The van der Waals surface area contributed by atoms with Gasteiger partial charge in [0.15, 0.2) is 5.60 Å². The first kappa shape index (κ1) is 16.2. The van der Waals surface area contributed by atoms with E-state index in [0.717, 1.165) is 0 Å². The number of aliphatic hydroxyl groups excluding tert-OH is 1. The first-order chi connectivity index (χ1) is 12.6. The number of fused-ring (bicyclic) bond motifs is 4. The lowest BCUT2D eigenvalue weighted by molar-refractivity contribution is 0.0217. The summed E-state index contributed by atoms with van der Waals surface area (Å²) in [5, 5.41) is 19.0. The summed E-state index contributed by atoms with van der Waals surface area (Å²) < 4.78 is 11.8. The van der Waals surface area contributed by atoms with Crippen molar-refractivity contribution >= 4 is 5.97 Å². The molecule has 1 spiro atoms. The van der Waals surface area contributed by atoms with Gasteiger partial charge in [0, 0.05) is 22.8 Å². The molecule has 2 heterocycles. The number of carbonyl (C=O) groups excluding carboxylic acids is 1. The molecule has 26 heavy (non-hydrogen) atoms. The van der Waals surface area contributed by atoms with Crippen molar-refractivity contribution in [1.29, 1.82) is 0 Å². The molecule has 0 radical (unpaired) electrons. The number of carbonyl (C=O) groups is 1. The highest BCUT2D eigenvalue weighted by molar-refractivity contribution is 5.97. The number of benzene rings is 2. The summed E-state index contributed by atoms with van der Waals surface area (Å²) in [6.07, 6.45) is 4.70. The molecule has 5 nitrogen and oxygen atoms in total. The van der Waals surface area contributed by atoms with E-state index in [9.17, 15) is 9.90 Å². The fourth-order valence-electron chi connectivity index (χ4n) is 3.52. The zero-order valence-electron chi connectivity index (χ0n) is 13.8. The maximum atomic E-state index is 12.6. The summed E-state index contributed by atoms with van der Waals surface area (Å²) in [5.74, 6) is 0.352. The SMILES string of the molecule is C=CC1=C(/C=C\CO)Oc2cc(O)ccc2C12OC(=O)c1ccccc12. The average molecular weight is 348 g/mol. The van der Waals surface area contributed by atoms with Crippen LogP contribution in [0.15, 0.2) is 78.6 Å². The van der Waals surface area contributed by atoms with Gasteiger partial charge in [-0.05, 0) is 24.3 Å². The Hall–Kier alpha value is -3.31. The fourth-order valence-corrected chi connectivity index (χ4v) is 3.52. The minimum Gasteiger partial charge on any atom is -0.508 e. The predicted molar refractivity (Wildman–Crippen MR) is 94.8 cm³/mol. The van der Waals surface area contributed by atoms with Crippen molar-refractivity contribution in [2.45, 2.75) is 5.60 Å². The lowest BCUT2D eigenvalue weighted by atomic mass is 9.77. The summed E-state index contributed by atoms with van der Waals surface area (Å²) in [4.78, 5) is 12.6. The Balaban J connectivity index is 2.09. The van der Waals surface area contributed by atoms with E-state index in [1.54, 1.807) is 30.4 Å². The van der Waals surface area contributed by atoms with Gasteiger partial charge in [-0.2, -0.15) is 0 Å². The third kappa shape index (κ3) is 2.11. The monoisotopic (exact) mass is 348 g/mol. The van der Waals surface area contributed by atoms with E-state index < -0.39 is 11.6 Å². The number of hydrogen-bond donors (Lipinski definition) is 2. The van der Waals surface area contributed by atoms with E-state index in [4.69, 9.17) is 14.6 Å². The Kier molecular flexibility index (Phi) is 3.67. The molecule has 2 aliphatic heterocycles. The van der Waals surface area contributed by atoms with E-state index in [0.29, 0.717) is 33.8 Å². The smallest absolute Gasteiger partial charge is 0.340 e. The Labute approximate surface area is 150 Å². The number of aromatic hydroxyl groups is 1. The van der Waals surface area contributed by atoms with E-state index in [1.165, 1.54) is 18.2 Å². The van der Waals surface area contributed by atoms with Crippen LogP contribution in [0.25, 0.3) is 0 Å². The van der Waals surface area contributed by atoms with Gasteiger partial charge in [-0.25, -0.2) is 4.79 Å². The normalized spacial score (nSPS) is 20.7. The molecule has 2 N–H and O–H groups in total. The molecule has 5 heteroatoms. The van der Waals surface area contributed by atoms with Crippen LogP contribution in [-0.4, -0.2) is 22.8 Å². The van der Waals surface area contributed by atoms with Gasteiger partial charge in [0.25, 0.3) is 0 Å². The first-order valence-electron chi connectivity index (χ1n) is 8.10. The Morgan fingerprint density at radius 1 is 1.15 bits per heavy atom. The molecule has 2 aromatic carbocycles. The van der Waals surface area contributed by atoms with Crippen molar-refractivity contribution in [3.63, 3.8) is 0 Å². The molecule has 1 atom stereocenters. The van der Waals surface area contributed by atoms with Gasteiger partial charge in [-0.3, -0.25) is 0 Å². The Bertz CT molecular complexity index is 986. The van der Waals surface area contributed by atoms with Crippen LogP contribution in [0.5, 0.6) is 11.5 Å². The molecular formula is C21H16O5. The molecule has 2 aromatic rings. The van der Waals surface area contributed by atoms with E-state index >= 15 is 0 Å². The standard InChI is InChI=1S/C21H16O5/c1-2-15-18(8-5-11-22)25-19-12-13(23)9-10-17(19)21(15)16-7-4-3-6-14(16)20(24)26-21/h2-10,12,22-23H,1,11H2/b8-5-. The van der Waals surface area contributed by atoms with Gasteiger partial charge in [0.1, 0.15) is 17.3 Å². The molecule has 2 aliphatic rings. The predicted octanol–water partition coefficient (Wildman–Crippen LogP) is 3.19. The third-order valence-electron chi connectivity index (χ3n) is 4.56. The fraction of sp³-hybridized carbons (Fsp3) is 0.0952. The molecule has 0 aromatic heterocycles. The van der Waals surface area contributed by atoms with Gasteiger partial charge in [0.05, 0.1) is 12.2 Å². The van der Waals surface area contributed by atoms with Crippen LogP contribution in [-0.2, 0) is 10.3 Å². The third-order valence-corrected chi connectivity index (χ3v) is 4.56. The Morgan fingerprint density at radius 2 is 1.96 bits per heavy atom. The summed E-state index contributed by atoms with van der Waals surface area (Å²) in [6.45, 7) is 3.70. The topological polar surface area (TPSA) is 76.0 Å². The largest absolute Gasteiger partial charge is 0.508 e. The van der Waals surface area contributed by atoms with E-state index in [2.05, 4.69) is 6.58 Å². The summed E-state index contributed by atoms with van der Waals surface area (Å²) in [7, 11) is 0. The number of rotatable bonds is 3. The number of phenolic OH excluding ortho intramolecular Hbond substituents is 1. The Morgan fingerprint density at radius 3 is 2.73 bits per heavy atom. The maximum absolute atomic E-state index is 12.6. The van der Waals surface area contributed by atoms with Crippen LogP contribution in [0.2, 0.25) is 0 Å². The highest BCUT2D eigenvalue weighted by Crippen LogP contribution is 2.54. The van der Waals surface area contributed by atoms with Crippen molar-refractivity contribution in [1.82, 2.24) is 0 Å². The molecule has 0 amide bonds. The highest BCUT2D eigenvalue weighted by atomic mass is 16.6. The second-order valence-electron chi connectivity index (χ2n) is 5.97. The summed E-state index contributed by atoms with van der Waals surface area (Å²) in [5.41, 5.74) is 1.10. The van der Waals surface area contributed by atoms with Gasteiger partial charge < -0.3 is 19.7 Å². The van der Waals surface area contributed by atoms with Crippen LogP contribution < -0.4 is 4.74 Å². The summed E-state index contributed by atoms with van der Waals surface area (Å²) in [6, 6.07) is 11.8. The van der Waals surface area contributed by atoms with Crippen LogP contribution in [0.3, 0.4) is 0 Å². The second kappa shape index (κ2) is 5.89. The van der Waals surface area contributed by atoms with Gasteiger partial charge >= 0.3 is 5.97 Å². The first-order valence-corrected chi connectivity index (χ1v) is 8.10. The molecule has 0 saturated heterocycles. The van der Waals surface area contributed by atoms with E-state index in [1.807, 2.05) is 12.1 Å². The minimum atomic E-state index is -1.22. The van der Waals surface area contributed by atoms with Crippen LogP contribution >= 0.6 is 0 Å². The highest BCUT2D eigenvalue weighted by Gasteiger charge is 2.53. The lowest BCUT2D eigenvalue weighted by Crippen LogP contribution is -2.34. The zero-order valence-corrected chi connectivity index (χ0v) is 13.8. The van der Waals surface area contributed by atoms with E-state index in [-0.39, 0.29) is 12.4 Å². The molecule has 0 saturated carbocycles. The maximum Gasteiger partial charge on any atom is 0.340 e. The number of esters is 1. The number of allylic oxidation sites excluding steroid dienone is 1. The molecule has 1 unspecified atom stereocenters. The van der Waals surface area contributed by atoms with Crippen LogP contribution in [0, 0.1) is 0 Å². The summed E-state index contributed by atoms with van der Waals surface area (Å²) >= 11 is 0. The zero-order chi connectivity index (χ0) is 18.3. The van der Waals surface area contributed by atoms with Crippen molar-refractivity contribution < 1.29 is 24.5 Å². The van der Waals surface area contributed by atoms with Crippen molar-refractivity contribution in [2.24, 2.45) is 0 Å². The minimum absolute atomic E-state index is 0.0315. The molecule has 130 valence electrons. The van der Waals surface area contributed by atoms with Gasteiger partial charge in [-0.15, -0.1) is 0 Å². The van der Waals surface area contributed by atoms with Gasteiger partial charge in [-0.1, -0.05) is 36.9 Å². The average Bonchev–Trinajstić information content (AvgIpc) is 2.93. The number of hydrogen-bond acceptors (Lipinski definition) is 5. The molecule has 4 rings (SSSR count). The van der Waals surface area contributed by atoms with Crippen molar-refractivity contribution in [3.05, 3.63) is 95.3 Å². The quantitative estimate of drug-likeness (QED) is 0.833. The number of aliphatic hydroxyl groups is 1. The molecular weight excluding hydrogens is 332 g/mol. The number of ether oxygens (including phenoxy) is 2. The van der Waals surface area contributed by atoms with Crippen molar-refractivity contribution in [3.8, 4) is 11.5 Å². The molecule has 0 fully saturated rings. The van der Waals surface area contributed by atoms with Crippen LogP contribution in [0.4, 0.5) is 0 Å². The molecule has 0 aliphatic carbocycles. The van der Waals surface area contributed by atoms with Crippen molar-refractivity contribution in [2.75, 3.05) is 6.61 Å². The van der Waals surface area contributed by atoms with Crippen LogP contribution in [0.1, 0.15) is 21.5 Å². The number of phenols is 1. The van der Waals surface area contributed by atoms with Gasteiger partial charge in [0.2, 0.25) is 0 Å². The lowest BCUT2D eigenvalue weighted by Gasteiger charge is -2.36. The second-order valence-corrected chi connectivity index (χ2v) is 5.97.